The number of piperidine rings is 1. The first-order valence-electron chi connectivity index (χ1n) is 6.30. The molecule has 3 rings (SSSR count). The Morgan fingerprint density at radius 3 is 2.81 bits per heavy atom. The Hall–Kier alpha value is -0.860. The molecule has 2 heterocycles. The van der Waals surface area contributed by atoms with Gasteiger partial charge >= 0.3 is 0 Å². The van der Waals surface area contributed by atoms with E-state index in [0.717, 1.165) is 19.1 Å². The summed E-state index contributed by atoms with van der Waals surface area (Å²) in [7, 11) is 0. The number of likely N-dealkylation sites (tertiary alicyclic amines) is 1. The van der Waals surface area contributed by atoms with Crippen LogP contribution in [-0.2, 0) is 11.3 Å². The first-order chi connectivity index (χ1) is 7.92. The summed E-state index contributed by atoms with van der Waals surface area (Å²) >= 11 is 0. The van der Waals surface area contributed by atoms with E-state index in [2.05, 4.69) is 35.2 Å². The maximum atomic E-state index is 5.42. The molecule has 0 saturated carbocycles. The molecule has 0 aliphatic carbocycles. The van der Waals surface area contributed by atoms with Gasteiger partial charge < -0.3 is 4.74 Å². The van der Waals surface area contributed by atoms with Crippen molar-refractivity contribution in [2.75, 3.05) is 19.7 Å². The lowest BCUT2D eigenvalue weighted by Gasteiger charge is -2.32. The number of ether oxygens (including phenoxy) is 1. The molecule has 2 atom stereocenters. The van der Waals surface area contributed by atoms with Crippen molar-refractivity contribution in [1.82, 2.24) is 4.90 Å². The number of nitrogens with zero attached hydrogens (tertiary/aromatic N) is 1. The summed E-state index contributed by atoms with van der Waals surface area (Å²) in [4.78, 5) is 2.57. The molecule has 1 aromatic rings. The summed E-state index contributed by atoms with van der Waals surface area (Å²) in [5, 5.41) is 0. The zero-order chi connectivity index (χ0) is 10.8. The van der Waals surface area contributed by atoms with Crippen molar-refractivity contribution in [2.45, 2.75) is 25.5 Å². The highest BCUT2D eigenvalue weighted by molar-refractivity contribution is 5.14. The van der Waals surface area contributed by atoms with Crippen LogP contribution < -0.4 is 0 Å². The highest BCUT2D eigenvalue weighted by atomic mass is 16.6. The molecule has 2 saturated heterocycles. The molecule has 0 radical (unpaired) electrons. The van der Waals surface area contributed by atoms with Gasteiger partial charge in [0.15, 0.2) is 0 Å². The Morgan fingerprint density at radius 2 is 2.06 bits per heavy atom. The van der Waals surface area contributed by atoms with Gasteiger partial charge in [0.2, 0.25) is 0 Å². The van der Waals surface area contributed by atoms with Crippen LogP contribution in [0.3, 0.4) is 0 Å². The fourth-order valence-electron chi connectivity index (χ4n) is 2.71. The molecule has 2 aliphatic rings. The van der Waals surface area contributed by atoms with Gasteiger partial charge in [-0.1, -0.05) is 30.3 Å². The van der Waals surface area contributed by atoms with Gasteiger partial charge in [0.25, 0.3) is 0 Å². The summed E-state index contributed by atoms with van der Waals surface area (Å²) in [5.74, 6) is 0.789. The van der Waals surface area contributed by atoms with Crippen molar-refractivity contribution in [2.24, 2.45) is 5.92 Å². The molecule has 0 spiro atoms. The van der Waals surface area contributed by atoms with Gasteiger partial charge in [-0.05, 0) is 24.9 Å². The molecule has 1 aromatic carbocycles. The lowest BCUT2D eigenvalue weighted by Crippen LogP contribution is -2.36. The van der Waals surface area contributed by atoms with E-state index >= 15 is 0 Å². The average Bonchev–Trinajstić information content (AvgIpc) is 3.15. The minimum absolute atomic E-state index is 0.582. The Morgan fingerprint density at radius 1 is 1.25 bits per heavy atom. The lowest BCUT2D eigenvalue weighted by atomic mass is 9.95. The molecule has 16 heavy (non-hydrogen) atoms. The van der Waals surface area contributed by atoms with Crippen molar-refractivity contribution < 1.29 is 4.74 Å². The van der Waals surface area contributed by atoms with E-state index in [1.807, 2.05) is 0 Å². The Labute approximate surface area is 97.2 Å². The third-order valence-electron chi connectivity index (χ3n) is 3.68. The van der Waals surface area contributed by atoms with Crippen LogP contribution in [0.25, 0.3) is 0 Å². The van der Waals surface area contributed by atoms with Gasteiger partial charge in [0.05, 0.1) is 12.7 Å². The van der Waals surface area contributed by atoms with Gasteiger partial charge in [0.1, 0.15) is 0 Å². The molecule has 86 valence electrons. The third kappa shape index (κ3) is 2.45. The predicted molar refractivity (Wildman–Crippen MR) is 64.2 cm³/mol. The molecule has 0 bridgehead atoms. The minimum Gasteiger partial charge on any atom is -0.373 e. The second-order valence-corrected chi connectivity index (χ2v) is 4.99. The summed E-state index contributed by atoms with van der Waals surface area (Å²) in [6.45, 7) is 4.57. The van der Waals surface area contributed by atoms with E-state index in [4.69, 9.17) is 4.74 Å². The van der Waals surface area contributed by atoms with Crippen molar-refractivity contribution in [3.05, 3.63) is 35.9 Å². The fraction of sp³-hybridized carbons (Fsp3) is 0.571. The summed E-state index contributed by atoms with van der Waals surface area (Å²) in [5.41, 5.74) is 1.43. The average molecular weight is 217 g/mol. The second-order valence-electron chi connectivity index (χ2n) is 4.99. The first kappa shape index (κ1) is 10.3. The van der Waals surface area contributed by atoms with Crippen molar-refractivity contribution in [3.8, 4) is 0 Å². The van der Waals surface area contributed by atoms with Crippen LogP contribution in [0.2, 0.25) is 0 Å². The van der Waals surface area contributed by atoms with E-state index < -0.39 is 0 Å². The molecular weight excluding hydrogens is 198 g/mol. The second kappa shape index (κ2) is 4.56. The quantitative estimate of drug-likeness (QED) is 0.722. The van der Waals surface area contributed by atoms with Crippen molar-refractivity contribution in [1.29, 1.82) is 0 Å². The number of benzene rings is 1. The SMILES string of the molecule is c1ccc(CN2CCCC([C@H]3CO3)C2)cc1. The molecule has 2 fully saturated rings. The molecule has 2 heteroatoms. The first-order valence-corrected chi connectivity index (χ1v) is 6.30. The van der Waals surface area contributed by atoms with Gasteiger partial charge in [-0.3, -0.25) is 4.90 Å². The van der Waals surface area contributed by atoms with Crippen LogP contribution in [0.1, 0.15) is 18.4 Å². The van der Waals surface area contributed by atoms with E-state index in [1.165, 1.54) is 31.5 Å². The molecular formula is C14H19NO. The normalized spacial score (nSPS) is 30.2. The highest BCUT2D eigenvalue weighted by Crippen LogP contribution is 2.29. The van der Waals surface area contributed by atoms with E-state index in [0.29, 0.717) is 6.10 Å². The molecule has 2 aliphatic heterocycles. The highest BCUT2D eigenvalue weighted by Gasteiger charge is 2.35. The molecule has 0 amide bonds. The summed E-state index contributed by atoms with van der Waals surface area (Å²) < 4.78 is 5.42. The number of hydrogen-bond acceptors (Lipinski definition) is 2. The molecule has 1 unspecified atom stereocenters. The van der Waals surface area contributed by atoms with Gasteiger partial charge in [-0.15, -0.1) is 0 Å². The number of epoxide rings is 1. The Bertz CT molecular complexity index is 334. The smallest absolute Gasteiger partial charge is 0.0850 e. The number of rotatable bonds is 3. The third-order valence-corrected chi connectivity index (χ3v) is 3.68. The largest absolute Gasteiger partial charge is 0.373 e. The predicted octanol–water partition coefficient (Wildman–Crippen LogP) is 2.30. The van der Waals surface area contributed by atoms with Gasteiger partial charge in [-0.2, -0.15) is 0 Å². The molecule has 0 aromatic heterocycles. The van der Waals surface area contributed by atoms with Gasteiger partial charge in [0, 0.05) is 19.0 Å². The van der Waals surface area contributed by atoms with E-state index in [-0.39, 0.29) is 0 Å². The Balaban J connectivity index is 1.58. The zero-order valence-corrected chi connectivity index (χ0v) is 9.64. The van der Waals surface area contributed by atoms with Crippen molar-refractivity contribution >= 4 is 0 Å². The van der Waals surface area contributed by atoms with Crippen LogP contribution in [0.4, 0.5) is 0 Å². The van der Waals surface area contributed by atoms with E-state index in [9.17, 15) is 0 Å². The lowest BCUT2D eigenvalue weighted by molar-refractivity contribution is 0.145. The number of hydrogen-bond donors (Lipinski definition) is 0. The standard InChI is InChI=1S/C14H19NO/c1-2-5-12(6-3-1)9-15-8-4-7-13(10-15)14-11-16-14/h1-3,5-6,13-14H,4,7-11H2/t13?,14-/m1/s1. The topological polar surface area (TPSA) is 15.8 Å². The van der Waals surface area contributed by atoms with Crippen LogP contribution >= 0.6 is 0 Å². The van der Waals surface area contributed by atoms with Crippen molar-refractivity contribution in [3.63, 3.8) is 0 Å². The minimum atomic E-state index is 0.582. The van der Waals surface area contributed by atoms with Crippen LogP contribution in [0.15, 0.2) is 30.3 Å². The van der Waals surface area contributed by atoms with Crippen LogP contribution in [-0.4, -0.2) is 30.7 Å². The van der Waals surface area contributed by atoms with Crippen LogP contribution in [0.5, 0.6) is 0 Å². The molecule has 2 nitrogen and oxygen atoms in total. The maximum Gasteiger partial charge on any atom is 0.0850 e. The Kier molecular flexibility index (Phi) is 2.94. The van der Waals surface area contributed by atoms with Gasteiger partial charge in [-0.25, -0.2) is 0 Å². The summed E-state index contributed by atoms with van der Waals surface area (Å²) in [6.07, 6.45) is 3.27. The fourth-order valence-corrected chi connectivity index (χ4v) is 2.71. The molecule has 0 N–H and O–H groups in total. The summed E-state index contributed by atoms with van der Waals surface area (Å²) in [6, 6.07) is 10.8. The maximum absolute atomic E-state index is 5.42. The monoisotopic (exact) mass is 217 g/mol. The van der Waals surface area contributed by atoms with E-state index in [1.54, 1.807) is 0 Å². The van der Waals surface area contributed by atoms with Crippen LogP contribution in [0, 0.1) is 5.92 Å². The zero-order valence-electron chi connectivity index (χ0n) is 9.64.